The Balaban J connectivity index is 0.771. The molecule has 0 spiro atoms. The van der Waals surface area contributed by atoms with Crippen molar-refractivity contribution in [2.45, 2.75) is 13.3 Å². The maximum Gasteiger partial charge on any atom is 0.0975 e. The zero-order valence-electron chi connectivity index (χ0n) is 36.5. The summed E-state index contributed by atoms with van der Waals surface area (Å²) >= 11 is 0. The molecule has 3 heteroatoms. The van der Waals surface area contributed by atoms with Crippen molar-refractivity contribution < 1.29 is 0 Å². The first kappa shape index (κ1) is 38.1. The summed E-state index contributed by atoms with van der Waals surface area (Å²) in [5, 5.41) is 7.41. The highest BCUT2D eigenvalue weighted by molar-refractivity contribution is 6.11. The second kappa shape index (κ2) is 15.4. The maximum atomic E-state index is 5.26. The fourth-order valence-corrected chi connectivity index (χ4v) is 10.4. The predicted octanol–water partition coefficient (Wildman–Crippen LogP) is 16.6. The zero-order chi connectivity index (χ0) is 43.7. The highest BCUT2D eigenvalue weighted by Gasteiger charge is 2.20. The van der Waals surface area contributed by atoms with Gasteiger partial charge in [0, 0.05) is 27.4 Å². The Morgan fingerprint density at radius 2 is 0.985 bits per heavy atom. The minimum absolute atomic E-state index is 0.481. The molecule has 66 heavy (non-hydrogen) atoms. The Bertz CT molecular complexity index is 3890. The molecule has 0 radical (unpaired) electrons. The van der Waals surface area contributed by atoms with Crippen LogP contribution in [-0.2, 0) is 6.42 Å². The maximum absolute atomic E-state index is 5.26. The molecule has 2 aromatic heterocycles. The van der Waals surface area contributed by atoms with Crippen molar-refractivity contribution in [3.05, 3.63) is 230 Å². The Hall–Kier alpha value is -8.40. The topological polar surface area (TPSA) is 30.7 Å². The molecule has 0 amide bonds. The van der Waals surface area contributed by atoms with Crippen molar-refractivity contribution in [3.63, 3.8) is 0 Å². The van der Waals surface area contributed by atoms with Gasteiger partial charge in [0.05, 0.1) is 34.0 Å². The van der Waals surface area contributed by atoms with Crippen LogP contribution in [0.3, 0.4) is 0 Å². The van der Waals surface area contributed by atoms with Crippen LogP contribution in [0.15, 0.2) is 219 Å². The number of para-hydroxylation sites is 1. The lowest BCUT2D eigenvalue weighted by Crippen LogP contribution is -2.06. The molecular weight excluding hydrogens is 799 g/mol. The molecule has 3 nitrogen and oxygen atoms in total. The predicted molar refractivity (Wildman–Crippen MR) is 278 cm³/mol. The summed E-state index contributed by atoms with van der Waals surface area (Å²) in [5.41, 5.74) is 19.7. The van der Waals surface area contributed by atoms with Gasteiger partial charge in [-0.25, -0.2) is 4.98 Å². The van der Waals surface area contributed by atoms with Crippen LogP contribution in [0.25, 0.3) is 122 Å². The van der Waals surface area contributed by atoms with E-state index in [2.05, 4.69) is 230 Å². The summed E-state index contributed by atoms with van der Waals surface area (Å²) in [5.74, 6) is 0.481. The van der Waals surface area contributed by atoms with Crippen molar-refractivity contribution >= 4 is 60.5 Å². The zero-order valence-corrected chi connectivity index (χ0v) is 36.5. The van der Waals surface area contributed by atoms with Gasteiger partial charge in [-0.05, 0) is 127 Å². The van der Waals surface area contributed by atoms with Gasteiger partial charge in [0.25, 0.3) is 0 Å². The van der Waals surface area contributed by atoms with E-state index in [9.17, 15) is 0 Å². The smallest absolute Gasteiger partial charge is 0.0975 e. The Labute approximate surface area is 383 Å². The quantitative estimate of drug-likeness (QED) is 0.156. The summed E-state index contributed by atoms with van der Waals surface area (Å²) in [6, 6.07) is 75.1. The molecule has 0 bridgehead atoms. The van der Waals surface area contributed by atoms with E-state index in [-0.39, 0.29) is 0 Å². The third-order valence-corrected chi connectivity index (χ3v) is 13.8. The largest absolute Gasteiger partial charge is 0.309 e. The summed E-state index contributed by atoms with van der Waals surface area (Å²) in [6.45, 7) is 2.27. The fraction of sp³-hybridized carbons (Fsp3) is 0.0476. The average molecular weight is 842 g/mol. The van der Waals surface area contributed by atoms with Crippen LogP contribution >= 0.6 is 0 Å². The molecule has 0 fully saturated rings. The van der Waals surface area contributed by atoms with Gasteiger partial charge in [0.1, 0.15) is 0 Å². The van der Waals surface area contributed by atoms with Gasteiger partial charge in [-0.15, -0.1) is 0 Å². The van der Waals surface area contributed by atoms with Gasteiger partial charge in [-0.1, -0.05) is 183 Å². The Morgan fingerprint density at radius 3 is 1.73 bits per heavy atom. The van der Waals surface area contributed by atoms with Crippen molar-refractivity contribution in [1.82, 2.24) is 14.5 Å². The normalized spacial score (nSPS) is 13.6. The van der Waals surface area contributed by atoms with Gasteiger partial charge in [0.2, 0.25) is 0 Å². The van der Waals surface area contributed by atoms with Crippen LogP contribution in [0.4, 0.5) is 0 Å². The SMILES string of the molecule is CC1C=Cc2c(c3ncc(-c4ccc(-c5cccc(-c6ccc(-c7ccc8c(c7)c7ccccc7n8-c7ccc(-c8ccc9ccccc9c8)cc7)cc6)c5)cc4)nc3c3ccccc23)C1. The van der Waals surface area contributed by atoms with E-state index < -0.39 is 0 Å². The molecular formula is C63H43N3. The standard InChI is InChI=1S/C63H43N3/c1-40-17-33-54-53-13-4-5-15-56(53)63-62(58(54)35-40)64-39-59(65-63)46-25-22-43(23-26-46)49-12-8-11-48(36-49)42-18-20-44(21-19-42)51-30-34-61-57(38-51)55-14-6-7-16-60(55)66(61)52-31-28-45(29-32-52)50-27-24-41-9-2-3-10-47(41)37-50/h2-34,36-40H,35H2,1H3. The first-order valence-corrected chi connectivity index (χ1v) is 22.9. The number of hydrogen-bond acceptors (Lipinski definition) is 2. The molecule has 1 aliphatic carbocycles. The van der Waals surface area contributed by atoms with E-state index in [4.69, 9.17) is 9.97 Å². The fourth-order valence-electron chi connectivity index (χ4n) is 10.4. The lowest BCUT2D eigenvalue weighted by Gasteiger charge is -2.20. The number of hydrogen-bond donors (Lipinski definition) is 0. The number of nitrogens with zero attached hydrogens (tertiary/aromatic N) is 3. The van der Waals surface area contributed by atoms with Crippen LogP contribution in [0.1, 0.15) is 18.1 Å². The first-order valence-electron chi connectivity index (χ1n) is 22.9. The van der Waals surface area contributed by atoms with Gasteiger partial charge in [-0.2, -0.15) is 0 Å². The summed E-state index contributed by atoms with van der Waals surface area (Å²) in [6.07, 6.45) is 7.52. The molecule has 0 N–H and O–H groups in total. The van der Waals surface area contributed by atoms with Crippen molar-refractivity contribution in [3.8, 4) is 61.5 Å². The molecule has 0 aliphatic heterocycles. The molecule has 13 rings (SSSR count). The Kier molecular flexibility index (Phi) is 8.89. The van der Waals surface area contributed by atoms with Gasteiger partial charge in [-0.3, -0.25) is 4.98 Å². The van der Waals surface area contributed by atoms with E-state index in [0.717, 1.165) is 39.8 Å². The molecule has 1 atom stereocenters. The number of allylic oxidation sites excluding steroid dienone is 1. The third-order valence-electron chi connectivity index (χ3n) is 13.8. The minimum Gasteiger partial charge on any atom is -0.309 e. The molecule has 2 heterocycles. The van der Waals surface area contributed by atoms with Crippen LogP contribution in [-0.4, -0.2) is 14.5 Å². The van der Waals surface area contributed by atoms with Gasteiger partial charge >= 0.3 is 0 Å². The number of fused-ring (bicyclic) bond motifs is 10. The van der Waals surface area contributed by atoms with Gasteiger partial charge in [0.15, 0.2) is 0 Å². The molecule has 12 aromatic rings. The van der Waals surface area contributed by atoms with Crippen LogP contribution in [0, 0.1) is 5.92 Å². The molecule has 1 aliphatic rings. The van der Waals surface area contributed by atoms with Gasteiger partial charge < -0.3 is 4.57 Å². The lowest BCUT2D eigenvalue weighted by molar-refractivity contribution is 0.721. The monoisotopic (exact) mass is 841 g/mol. The average Bonchev–Trinajstić information content (AvgIpc) is 3.72. The third kappa shape index (κ3) is 6.43. The van der Waals surface area contributed by atoms with E-state index in [0.29, 0.717) is 5.92 Å². The number of rotatable bonds is 6. The Morgan fingerprint density at radius 1 is 0.424 bits per heavy atom. The lowest BCUT2D eigenvalue weighted by atomic mass is 9.86. The summed E-state index contributed by atoms with van der Waals surface area (Å²) < 4.78 is 2.39. The van der Waals surface area contributed by atoms with E-state index >= 15 is 0 Å². The second-order valence-electron chi connectivity index (χ2n) is 17.9. The highest BCUT2D eigenvalue weighted by atomic mass is 15.0. The molecule has 1 unspecified atom stereocenters. The van der Waals surface area contributed by atoms with Crippen molar-refractivity contribution in [2.24, 2.45) is 5.92 Å². The second-order valence-corrected chi connectivity index (χ2v) is 17.9. The van der Waals surface area contributed by atoms with Crippen LogP contribution in [0.5, 0.6) is 0 Å². The summed E-state index contributed by atoms with van der Waals surface area (Å²) in [7, 11) is 0. The molecule has 310 valence electrons. The highest BCUT2D eigenvalue weighted by Crippen LogP contribution is 2.39. The van der Waals surface area contributed by atoms with Crippen LogP contribution in [0.2, 0.25) is 0 Å². The molecule has 10 aromatic carbocycles. The summed E-state index contributed by atoms with van der Waals surface area (Å²) in [4.78, 5) is 10.3. The minimum atomic E-state index is 0.481. The molecule has 0 saturated carbocycles. The van der Waals surface area contributed by atoms with Crippen molar-refractivity contribution in [2.75, 3.05) is 0 Å². The van der Waals surface area contributed by atoms with E-state index in [1.165, 1.54) is 93.6 Å². The number of aromatic nitrogens is 3. The van der Waals surface area contributed by atoms with E-state index in [1.807, 2.05) is 6.20 Å². The van der Waals surface area contributed by atoms with Crippen LogP contribution < -0.4 is 0 Å². The number of benzene rings is 10. The van der Waals surface area contributed by atoms with Crippen molar-refractivity contribution in [1.29, 1.82) is 0 Å². The first-order chi connectivity index (χ1) is 32.6. The molecule has 0 saturated heterocycles. The van der Waals surface area contributed by atoms with E-state index in [1.54, 1.807) is 0 Å².